The maximum absolute atomic E-state index is 13.1. The van der Waals surface area contributed by atoms with Crippen molar-refractivity contribution in [2.24, 2.45) is 5.41 Å². The number of esters is 1. The molecule has 0 bridgehead atoms. The molecule has 31 heavy (non-hydrogen) atoms. The van der Waals surface area contributed by atoms with Crippen LogP contribution in [0.5, 0.6) is 0 Å². The largest absolute Gasteiger partial charge is 0.464 e. The molecule has 1 atom stereocenters. The number of aryl methyl sites for hydroxylation is 1. The molecule has 1 amide bonds. The van der Waals surface area contributed by atoms with Crippen LogP contribution in [0.3, 0.4) is 0 Å². The molecule has 0 fully saturated rings. The van der Waals surface area contributed by atoms with Gasteiger partial charge >= 0.3 is 5.97 Å². The second-order valence-corrected chi connectivity index (χ2v) is 8.62. The van der Waals surface area contributed by atoms with E-state index in [0.717, 1.165) is 23.1 Å². The Morgan fingerprint density at radius 2 is 1.87 bits per heavy atom. The number of hydrogen-bond donors (Lipinski definition) is 0. The van der Waals surface area contributed by atoms with Crippen LogP contribution in [0.25, 0.3) is 0 Å². The Kier molecular flexibility index (Phi) is 7.21. The van der Waals surface area contributed by atoms with Crippen molar-refractivity contribution in [1.29, 1.82) is 0 Å². The molecule has 0 aliphatic carbocycles. The maximum Gasteiger partial charge on any atom is 0.329 e. The predicted molar refractivity (Wildman–Crippen MR) is 117 cm³/mol. The number of ether oxygens (including phenoxy) is 1. The first-order chi connectivity index (χ1) is 14.8. The van der Waals surface area contributed by atoms with Crippen molar-refractivity contribution in [3.63, 3.8) is 0 Å². The highest BCUT2D eigenvalue weighted by atomic mass is 16.5. The summed E-state index contributed by atoms with van der Waals surface area (Å²) in [6.07, 6.45) is 5.82. The Morgan fingerprint density at radius 1 is 1.13 bits per heavy atom. The van der Waals surface area contributed by atoms with Crippen molar-refractivity contribution < 1.29 is 19.1 Å². The van der Waals surface area contributed by atoms with Crippen molar-refractivity contribution in [3.8, 4) is 0 Å². The third-order valence-electron chi connectivity index (χ3n) is 6.05. The topological polar surface area (TPSA) is 76.6 Å². The van der Waals surface area contributed by atoms with Crippen LogP contribution in [0.2, 0.25) is 0 Å². The molecule has 3 rings (SSSR count). The normalized spacial score (nSPS) is 15.8. The minimum absolute atomic E-state index is 0.232. The molecule has 1 aromatic carbocycles. The number of ketones is 1. The zero-order valence-electron chi connectivity index (χ0n) is 18.5. The molecule has 0 spiro atoms. The number of rotatable bonds is 8. The van der Waals surface area contributed by atoms with Crippen molar-refractivity contribution in [2.75, 3.05) is 6.61 Å². The third kappa shape index (κ3) is 5.37. The first kappa shape index (κ1) is 22.7. The molecule has 6 nitrogen and oxygen atoms in total. The van der Waals surface area contributed by atoms with Crippen LogP contribution in [0.1, 0.15) is 50.3 Å². The number of amides is 1. The second-order valence-electron chi connectivity index (χ2n) is 8.62. The lowest BCUT2D eigenvalue weighted by atomic mass is 9.83. The molecular weight excluding hydrogens is 392 g/mol. The van der Waals surface area contributed by atoms with E-state index < -0.39 is 29.1 Å². The van der Waals surface area contributed by atoms with Gasteiger partial charge in [0.25, 0.3) is 5.91 Å². The van der Waals surface area contributed by atoms with E-state index in [2.05, 4.69) is 4.98 Å². The van der Waals surface area contributed by atoms with E-state index >= 15 is 0 Å². The van der Waals surface area contributed by atoms with Gasteiger partial charge in [-0.05, 0) is 42.0 Å². The maximum atomic E-state index is 13.1. The molecule has 0 saturated carbocycles. The van der Waals surface area contributed by atoms with Crippen LogP contribution in [-0.4, -0.2) is 40.2 Å². The van der Waals surface area contributed by atoms with E-state index in [0.29, 0.717) is 19.3 Å². The molecule has 1 aliphatic rings. The highest BCUT2D eigenvalue weighted by Gasteiger charge is 2.41. The SMILES string of the molecule is CCC(C)(C)C(=O)C(=O)N1Cc2ccccc2CC1C(=O)OCCCc1cccnc1. The Labute approximate surface area is 183 Å². The summed E-state index contributed by atoms with van der Waals surface area (Å²) >= 11 is 0. The van der Waals surface area contributed by atoms with E-state index in [1.165, 1.54) is 4.90 Å². The van der Waals surface area contributed by atoms with Crippen LogP contribution in [0.15, 0.2) is 48.8 Å². The van der Waals surface area contributed by atoms with Gasteiger partial charge in [0.2, 0.25) is 5.78 Å². The van der Waals surface area contributed by atoms with Crippen LogP contribution in [0, 0.1) is 5.41 Å². The number of pyridine rings is 1. The van der Waals surface area contributed by atoms with Crippen LogP contribution < -0.4 is 0 Å². The second kappa shape index (κ2) is 9.86. The molecule has 0 N–H and O–H groups in total. The number of carbonyl (C=O) groups excluding carboxylic acids is 3. The molecule has 164 valence electrons. The minimum atomic E-state index is -0.794. The van der Waals surface area contributed by atoms with E-state index in [1.54, 1.807) is 26.2 Å². The van der Waals surface area contributed by atoms with Gasteiger partial charge in [0.05, 0.1) is 6.61 Å². The van der Waals surface area contributed by atoms with Crippen molar-refractivity contribution in [2.45, 2.75) is 59.0 Å². The molecule has 1 unspecified atom stereocenters. The highest BCUT2D eigenvalue weighted by molar-refractivity contribution is 6.38. The summed E-state index contributed by atoms with van der Waals surface area (Å²) < 4.78 is 5.53. The number of Topliss-reactive ketones (excluding diaryl/α,β-unsaturated/α-hetero) is 1. The van der Waals surface area contributed by atoms with Crippen LogP contribution in [-0.2, 0) is 38.5 Å². The number of hydrogen-bond acceptors (Lipinski definition) is 5. The molecule has 0 saturated heterocycles. The predicted octanol–water partition coefficient (Wildman–Crippen LogP) is 3.52. The Morgan fingerprint density at radius 3 is 2.55 bits per heavy atom. The summed E-state index contributed by atoms with van der Waals surface area (Å²) in [6.45, 7) is 5.89. The van der Waals surface area contributed by atoms with Gasteiger partial charge in [0.1, 0.15) is 6.04 Å². The van der Waals surface area contributed by atoms with E-state index in [4.69, 9.17) is 4.74 Å². The molecule has 2 aromatic rings. The molecule has 1 aliphatic heterocycles. The fourth-order valence-electron chi connectivity index (χ4n) is 3.62. The average molecular weight is 423 g/mol. The van der Waals surface area contributed by atoms with E-state index in [9.17, 15) is 14.4 Å². The van der Waals surface area contributed by atoms with Gasteiger partial charge in [-0.25, -0.2) is 4.79 Å². The molecular formula is C25H30N2O4. The first-order valence-electron chi connectivity index (χ1n) is 10.8. The van der Waals surface area contributed by atoms with Crippen molar-refractivity contribution in [1.82, 2.24) is 9.88 Å². The van der Waals surface area contributed by atoms with Gasteiger partial charge in [0.15, 0.2) is 0 Å². The van der Waals surface area contributed by atoms with Gasteiger partial charge in [-0.1, -0.05) is 51.1 Å². The number of fused-ring (bicyclic) bond motifs is 1. The zero-order valence-corrected chi connectivity index (χ0v) is 18.5. The summed E-state index contributed by atoms with van der Waals surface area (Å²) in [7, 11) is 0. The molecule has 0 radical (unpaired) electrons. The van der Waals surface area contributed by atoms with Gasteiger partial charge in [0, 0.05) is 30.8 Å². The summed E-state index contributed by atoms with van der Waals surface area (Å²) in [5, 5.41) is 0. The molecule has 2 heterocycles. The summed E-state index contributed by atoms with van der Waals surface area (Å²) in [6, 6.07) is 10.8. The van der Waals surface area contributed by atoms with Gasteiger partial charge in [-0.15, -0.1) is 0 Å². The number of benzene rings is 1. The van der Waals surface area contributed by atoms with Gasteiger partial charge in [-0.2, -0.15) is 0 Å². The highest BCUT2D eigenvalue weighted by Crippen LogP contribution is 2.28. The lowest BCUT2D eigenvalue weighted by molar-refractivity contribution is -0.160. The van der Waals surface area contributed by atoms with Crippen molar-refractivity contribution >= 4 is 17.7 Å². The first-order valence-corrected chi connectivity index (χ1v) is 10.8. The summed E-state index contributed by atoms with van der Waals surface area (Å²) in [5.74, 6) is -1.54. The molecule has 6 heteroatoms. The summed E-state index contributed by atoms with van der Waals surface area (Å²) in [4.78, 5) is 44.4. The smallest absolute Gasteiger partial charge is 0.329 e. The molecule has 1 aromatic heterocycles. The standard InChI is InChI=1S/C25H30N2O4/c1-4-25(2,3)22(28)23(29)27-17-20-12-6-5-11-19(20)15-21(27)24(30)31-14-8-10-18-9-7-13-26-16-18/h5-7,9,11-13,16,21H,4,8,10,14-15,17H2,1-3H3. The van der Waals surface area contributed by atoms with E-state index in [1.807, 2.05) is 43.3 Å². The average Bonchev–Trinajstić information content (AvgIpc) is 2.80. The Balaban J connectivity index is 1.70. The summed E-state index contributed by atoms with van der Waals surface area (Å²) in [5.41, 5.74) is 2.27. The van der Waals surface area contributed by atoms with Gasteiger partial charge in [-0.3, -0.25) is 14.6 Å². The lowest BCUT2D eigenvalue weighted by Crippen LogP contribution is -2.53. The zero-order chi connectivity index (χ0) is 22.4. The van der Waals surface area contributed by atoms with Crippen LogP contribution >= 0.6 is 0 Å². The Bertz CT molecular complexity index is 940. The van der Waals surface area contributed by atoms with Crippen molar-refractivity contribution in [3.05, 3.63) is 65.5 Å². The number of nitrogens with zero attached hydrogens (tertiary/aromatic N) is 2. The quantitative estimate of drug-likeness (QED) is 0.370. The Hall–Kier alpha value is -3.02. The fraction of sp³-hybridized carbons (Fsp3) is 0.440. The fourth-order valence-corrected chi connectivity index (χ4v) is 3.62. The van der Waals surface area contributed by atoms with Crippen LogP contribution in [0.4, 0.5) is 0 Å². The number of carbonyl (C=O) groups is 3. The lowest BCUT2D eigenvalue weighted by Gasteiger charge is -2.36. The minimum Gasteiger partial charge on any atom is -0.464 e. The monoisotopic (exact) mass is 422 g/mol. The third-order valence-corrected chi connectivity index (χ3v) is 6.05. The number of aromatic nitrogens is 1. The van der Waals surface area contributed by atoms with E-state index in [-0.39, 0.29) is 13.2 Å². The van der Waals surface area contributed by atoms with Gasteiger partial charge < -0.3 is 9.64 Å².